The summed E-state index contributed by atoms with van der Waals surface area (Å²) in [4.78, 5) is 0. The van der Waals surface area contributed by atoms with Gasteiger partial charge in [0.1, 0.15) is 0 Å². The molecule has 0 atom stereocenters. The van der Waals surface area contributed by atoms with Crippen molar-refractivity contribution in [2.75, 3.05) is 19.8 Å². The average molecular weight is 258 g/mol. The number of hydrogen-bond acceptors (Lipinski definition) is 3. The summed E-state index contributed by atoms with van der Waals surface area (Å²) in [6.07, 6.45) is 6.48. The molecule has 4 heteroatoms. The molecule has 0 spiro atoms. The SMILES string of the molecule is CCO[Si](OCC)(OCC)C12CCC(CC1)C2. The summed E-state index contributed by atoms with van der Waals surface area (Å²) in [5.74, 6) is 0.906. The highest BCUT2D eigenvalue weighted by Gasteiger charge is 2.65. The van der Waals surface area contributed by atoms with E-state index in [1.54, 1.807) is 0 Å². The Morgan fingerprint density at radius 3 is 1.71 bits per heavy atom. The molecule has 0 aliphatic heterocycles. The summed E-state index contributed by atoms with van der Waals surface area (Å²) < 4.78 is 18.3. The molecule has 0 aromatic heterocycles. The predicted molar refractivity (Wildman–Crippen MR) is 69.9 cm³/mol. The molecule has 2 fully saturated rings. The molecule has 100 valence electrons. The summed E-state index contributed by atoms with van der Waals surface area (Å²) in [6.45, 7) is 8.28. The minimum Gasteiger partial charge on any atom is -0.373 e. The van der Waals surface area contributed by atoms with Crippen LogP contribution in [0.4, 0.5) is 0 Å². The van der Waals surface area contributed by atoms with E-state index in [9.17, 15) is 0 Å². The third-order valence-corrected chi connectivity index (χ3v) is 8.40. The van der Waals surface area contributed by atoms with Gasteiger partial charge in [-0.1, -0.05) is 0 Å². The quantitative estimate of drug-likeness (QED) is 0.655. The van der Waals surface area contributed by atoms with Crippen LogP contribution in [0.1, 0.15) is 52.9 Å². The van der Waals surface area contributed by atoms with E-state index >= 15 is 0 Å². The van der Waals surface area contributed by atoms with E-state index in [1.807, 2.05) is 0 Å². The molecule has 2 bridgehead atoms. The van der Waals surface area contributed by atoms with Gasteiger partial charge < -0.3 is 13.3 Å². The summed E-state index contributed by atoms with van der Waals surface area (Å²) in [6, 6.07) is 0. The lowest BCUT2D eigenvalue weighted by Crippen LogP contribution is -2.55. The average Bonchev–Trinajstić information content (AvgIpc) is 2.91. The molecule has 0 amide bonds. The Bertz CT molecular complexity index is 232. The topological polar surface area (TPSA) is 27.7 Å². The van der Waals surface area contributed by atoms with Crippen LogP contribution in [0.2, 0.25) is 5.04 Å². The predicted octanol–water partition coefficient (Wildman–Crippen LogP) is 3.37. The zero-order chi connectivity index (χ0) is 12.4. The van der Waals surface area contributed by atoms with Crippen molar-refractivity contribution in [3.63, 3.8) is 0 Å². The standard InChI is InChI=1S/C13H26O3Si/c1-4-14-17(15-5-2,16-6-3)13-9-7-12(11-13)8-10-13/h12H,4-11H2,1-3H3. The van der Waals surface area contributed by atoms with Crippen LogP contribution >= 0.6 is 0 Å². The maximum atomic E-state index is 6.11. The molecule has 2 saturated carbocycles. The molecule has 17 heavy (non-hydrogen) atoms. The smallest absolute Gasteiger partial charge is 0.373 e. The van der Waals surface area contributed by atoms with Crippen molar-refractivity contribution < 1.29 is 13.3 Å². The molecule has 2 aliphatic carbocycles. The largest absolute Gasteiger partial charge is 0.507 e. The summed E-state index contributed by atoms with van der Waals surface area (Å²) in [7, 11) is -2.47. The molecule has 2 rings (SSSR count). The highest BCUT2D eigenvalue weighted by atomic mass is 28.4. The van der Waals surface area contributed by atoms with Crippen LogP contribution in [0, 0.1) is 5.92 Å². The minimum atomic E-state index is -2.47. The summed E-state index contributed by atoms with van der Waals surface area (Å²) in [5.41, 5.74) is 0. The van der Waals surface area contributed by atoms with Gasteiger partial charge in [0.05, 0.1) is 0 Å². The first-order valence-electron chi connectivity index (χ1n) is 7.14. The van der Waals surface area contributed by atoms with E-state index in [4.69, 9.17) is 13.3 Å². The Labute approximate surface area is 106 Å². The van der Waals surface area contributed by atoms with Gasteiger partial charge in [0, 0.05) is 24.9 Å². The van der Waals surface area contributed by atoms with E-state index in [2.05, 4.69) is 20.8 Å². The van der Waals surface area contributed by atoms with Gasteiger partial charge in [0.2, 0.25) is 0 Å². The summed E-state index contributed by atoms with van der Waals surface area (Å²) >= 11 is 0. The van der Waals surface area contributed by atoms with Crippen molar-refractivity contribution in [2.45, 2.75) is 57.9 Å². The van der Waals surface area contributed by atoms with Gasteiger partial charge in [-0.3, -0.25) is 0 Å². The third-order valence-electron chi connectivity index (χ3n) is 4.39. The second-order valence-electron chi connectivity index (χ2n) is 5.28. The van der Waals surface area contributed by atoms with Crippen LogP contribution in [-0.4, -0.2) is 28.6 Å². The van der Waals surface area contributed by atoms with Crippen LogP contribution in [0.5, 0.6) is 0 Å². The lowest BCUT2D eigenvalue weighted by Gasteiger charge is -2.42. The van der Waals surface area contributed by atoms with Crippen molar-refractivity contribution in [1.82, 2.24) is 0 Å². The van der Waals surface area contributed by atoms with E-state index in [-0.39, 0.29) is 5.04 Å². The lowest BCUT2D eigenvalue weighted by molar-refractivity contribution is 0.0434. The maximum absolute atomic E-state index is 6.11. The van der Waals surface area contributed by atoms with Gasteiger partial charge >= 0.3 is 8.80 Å². The van der Waals surface area contributed by atoms with Gasteiger partial charge in [0.25, 0.3) is 0 Å². The van der Waals surface area contributed by atoms with Crippen molar-refractivity contribution in [1.29, 1.82) is 0 Å². The van der Waals surface area contributed by atoms with E-state index in [1.165, 1.54) is 32.1 Å². The Morgan fingerprint density at radius 1 is 0.941 bits per heavy atom. The molecule has 0 heterocycles. The van der Waals surface area contributed by atoms with Crippen molar-refractivity contribution in [3.05, 3.63) is 0 Å². The van der Waals surface area contributed by atoms with Crippen molar-refractivity contribution >= 4 is 8.80 Å². The maximum Gasteiger partial charge on any atom is 0.507 e. The molecule has 0 radical (unpaired) electrons. The molecule has 0 saturated heterocycles. The van der Waals surface area contributed by atoms with Crippen LogP contribution < -0.4 is 0 Å². The van der Waals surface area contributed by atoms with Crippen molar-refractivity contribution in [3.8, 4) is 0 Å². The summed E-state index contributed by atoms with van der Waals surface area (Å²) in [5, 5.41) is 0.250. The van der Waals surface area contributed by atoms with Crippen LogP contribution in [0.25, 0.3) is 0 Å². The lowest BCUT2D eigenvalue weighted by atomic mass is 10.0. The van der Waals surface area contributed by atoms with Gasteiger partial charge in [-0.05, 0) is 58.8 Å². The molecule has 3 nitrogen and oxygen atoms in total. The zero-order valence-corrected chi connectivity index (χ0v) is 12.5. The first-order chi connectivity index (χ1) is 8.22. The molecular formula is C13H26O3Si. The first-order valence-corrected chi connectivity index (χ1v) is 8.86. The molecule has 0 aromatic rings. The van der Waals surface area contributed by atoms with E-state index in [0.29, 0.717) is 19.8 Å². The fourth-order valence-corrected chi connectivity index (χ4v) is 7.52. The Balaban J connectivity index is 2.23. The molecule has 0 unspecified atom stereocenters. The number of hydrogen-bond donors (Lipinski definition) is 0. The van der Waals surface area contributed by atoms with Gasteiger partial charge in [-0.15, -0.1) is 0 Å². The van der Waals surface area contributed by atoms with Crippen LogP contribution in [0.3, 0.4) is 0 Å². The van der Waals surface area contributed by atoms with Crippen molar-refractivity contribution in [2.24, 2.45) is 5.92 Å². The molecule has 2 aliphatic rings. The van der Waals surface area contributed by atoms with E-state index in [0.717, 1.165) is 5.92 Å². The second kappa shape index (κ2) is 5.39. The minimum absolute atomic E-state index is 0.250. The molecule has 0 N–H and O–H groups in total. The highest BCUT2D eigenvalue weighted by Crippen LogP contribution is 2.64. The number of rotatable bonds is 7. The normalized spacial score (nSPS) is 32.3. The fraction of sp³-hybridized carbons (Fsp3) is 1.00. The zero-order valence-electron chi connectivity index (χ0n) is 11.5. The van der Waals surface area contributed by atoms with E-state index < -0.39 is 8.80 Å². The van der Waals surface area contributed by atoms with Gasteiger partial charge in [0.15, 0.2) is 0 Å². The van der Waals surface area contributed by atoms with Crippen LogP contribution in [-0.2, 0) is 13.3 Å². The molecule has 0 aromatic carbocycles. The second-order valence-corrected chi connectivity index (χ2v) is 8.32. The third kappa shape index (κ3) is 2.20. The van der Waals surface area contributed by atoms with Crippen LogP contribution in [0.15, 0.2) is 0 Å². The Morgan fingerprint density at radius 2 is 1.41 bits per heavy atom. The fourth-order valence-electron chi connectivity index (χ4n) is 3.78. The Hall–Kier alpha value is 0.0969. The number of fused-ring (bicyclic) bond motifs is 2. The Kier molecular flexibility index (Phi) is 4.29. The first kappa shape index (κ1) is 13.5. The van der Waals surface area contributed by atoms with Gasteiger partial charge in [-0.2, -0.15) is 0 Å². The molecular weight excluding hydrogens is 232 g/mol. The highest BCUT2D eigenvalue weighted by molar-refractivity contribution is 6.64. The monoisotopic (exact) mass is 258 g/mol. The van der Waals surface area contributed by atoms with Gasteiger partial charge in [-0.25, -0.2) is 0 Å².